The number of imide groups is 1. The minimum Gasteiger partial charge on any atom is -0.495 e. The molecule has 0 bridgehead atoms. The molecule has 1 saturated heterocycles. The summed E-state index contributed by atoms with van der Waals surface area (Å²) in [7, 11) is 1.46. The molecule has 2 N–H and O–H groups in total. The second kappa shape index (κ2) is 9.57. The van der Waals surface area contributed by atoms with E-state index >= 15 is 0 Å². The third kappa shape index (κ3) is 4.47. The second-order valence-electron chi connectivity index (χ2n) is 8.11. The van der Waals surface area contributed by atoms with Crippen LogP contribution in [-0.2, 0) is 21.5 Å². The molecule has 1 aliphatic heterocycles. The molecule has 3 aromatic rings. The number of hydrogen-bond donors (Lipinski definition) is 2. The van der Waals surface area contributed by atoms with Crippen molar-refractivity contribution in [2.24, 2.45) is 0 Å². The molecule has 1 heterocycles. The van der Waals surface area contributed by atoms with Crippen molar-refractivity contribution in [3.63, 3.8) is 0 Å². The summed E-state index contributed by atoms with van der Waals surface area (Å²) in [6.45, 7) is 1.35. The number of methoxy groups -OCH3 is 1. The minimum atomic E-state index is -1.31. The van der Waals surface area contributed by atoms with E-state index in [2.05, 4.69) is 10.6 Å². The van der Waals surface area contributed by atoms with Crippen LogP contribution >= 0.6 is 11.6 Å². The Kier molecular flexibility index (Phi) is 6.56. The average molecular weight is 478 g/mol. The monoisotopic (exact) mass is 477 g/mol. The fraction of sp³-hybridized carbons (Fsp3) is 0.192. The maximum atomic E-state index is 13.7. The quantitative estimate of drug-likeness (QED) is 0.497. The Morgan fingerprint density at radius 2 is 1.71 bits per heavy atom. The first kappa shape index (κ1) is 23.3. The third-order valence-electron chi connectivity index (χ3n) is 5.81. The average Bonchev–Trinajstić information content (AvgIpc) is 3.07. The molecule has 34 heavy (non-hydrogen) atoms. The largest absolute Gasteiger partial charge is 0.495 e. The number of nitrogens with zero attached hydrogens (tertiary/aromatic N) is 1. The number of carbonyl (C=O) groups is 3. The maximum Gasteiger partial charge on any atom is 0.325 e. The molecule has 0 unspecified atom stereocenters. The van der Waals surface area contributed by atoms with Crippen LogP contribution in [0.2, 0.25) is 5.02 Å². The molecule has 0 aliphatic carbocycles. The van der Waals surface area contributed by atoms with Gasteiger partial charge in [0.2, 0.25) is 5.91 Å². The molecule has 0 spiro atoms. The summed E-state index contributed by atoms with van der Waals surface area (Å²) in [6.07, 6.45) is 0.255. The SMILES string of the molecule is COc1cc(Cl)c(C)cc1NC(=O)CN1C(=O)N[C@](Cc2ccccc2)(c2ccccc2)C1=O. The first-order valence-corrected chi connectivity index (χ1v) is 11.1. The van der Waals surface area contributed by atoms with E-state index in [4.69, 9.17) is 16.3 Å². The van der Waals surface area contributed by atoms with E-state index in [1.807, 2.05) is 48.5 Å². The highest BCUT2D eigenvalue weighted by Crippen LogP contribution is 2.34. The van der Waals surface area contributed by atoms with Crippen LogP contribution in [0.1, 0.15) is 16.7 Å². The fourth-order valence-corrected chi connectivity index (χ4v) is 4.23. The van der Waals surface area contributed by atoms with Gasteiger partial charge in [-0.15, -0.1) is 0 Å². The van der Waals surface area contributed by atoms with E-state index in [9.17, 15) is 14.4 Å². The van der Waals surface area contributed by atoms with E-state index < -0.39 is 29.9 Å². The number of rotatable bonds is 7. The summed E-state index contributed by atoms with van der Waals surface area (Å²) < 4.78 is 5.29. The van der Waals surface area contributed by atoms with Crippen LogP contribution in [0.25, 0.3) is 0 Å². The van der Waals surface area contributed by atoms with Crippen molar-refractivity contribution in [2.45, 2.75) is 18.9 Å². The molecule has 8 heteroatoms. The first-order valence-electron chi connectivity index (χ1n) is 10.7. The Morgan fingerprint density at radius 1 is 1.06 bits per heavy atom. The molecule has 0 radical (unpaired) electrons. The van der Waals surface area contributed by atoms with Crippen molar-refractivity contribution in [3.05, 3.63) is 94.5 Å². The maximum absolute atomic E-state index is 13.7. The zero-order chi connectivity index (χ0) is 24.3. The predicted molar refractivity (Wildman–Crippen MR) is 130 cm³/mol. The Labute approximate surface area is 202 Å². The van der Waals surface area contributed by atoms with Crippen LogP contribution in [0, 0.1) is 6.92 Å². The number of urea groups is 1. The van der Waals surface area contributed by atoms with E-state index in [0.717, 1.165) is 16.0 Å². The number of halogens is 1. The van der Waals surface area contributed by atoms with Crippen LogP contribution in [0.4, 0.5) is 10.5 Å². The summed E-state index contributed by atoms with van der Waals surface area (Å²) in [5.74, 6) is -0.641. The molecule has 4 rings (SSSR count). The van der Waals surface area contributed by atoms with Crippen LogP contribution < -0.4 is 15.4 Å². The zero-order valence-corrected chi connectivity index (χ0v) is 19.6. The molecular weight excluding hydrogens is 454 g/mol. The van der Waals surface area contributed by atoms with Crippen molar-refractivity contribution in [3.8, 4) is 5.75 Å². The van der Waals surface area contributed by atoms with Gasteiger partial charge in [0, 0.05) is 17.5 Å². The van der Waals surface area contributed by atoms with Crippen LogP contribution in [0.15, 0.2) is 72.8 Å². The van der Waals surface area contributed by atoms with Gasteiger partial charge >= 0.3 is 6.03 Å². The predicted octanol–water partition coefficient (Wildman–Crippen LogP) is 4.29. The van der Waals surface area contributed by atoms with Gasteiger partial charge < -0.3 is 15.4 Å². The van der Waals surface area contributed by atoms with Crippen molar-refractivity contribution >= 4 is 35.1 Å². The van der Waals surface area contributed by atoms with Crippen molar-refractivity contribution in [1.82, 2.24) is 10.2 Å². The smallest absolute Gasteiger partial charge is 0.325 e. The van der Waals surface area contributed by atoms with E-state index in [-0.39, 0.29) is 6.42 Å². The fourth-order valence-electron chi connectivity index (χ4n) is 4.08. The number of ether oxygens (including phenoxy) is 1. The Hall–Kier alpha value is -3.84. The van der Waals surface area contributed by atoms with Gasteiger partial charge in [-0.25, -0.2) is 4.79 Å². The summed E-state index contributed by atoms with van der Waals surface area (Å²) in [6, 6.07) is 21.1. The van der Waals surface area contributed by atoms with Gasteiger partial charge in [-0.2, -0.15) is 0 Å². The van der Waals surface area contributed by atoms with Crippen molar-refractivity contribution in [2.75, 3.05) is 19.0 Å². The van der Waals surface area contributed by atoms with Gasteiger partial charge in [-0.1, -0.05) is 72.3 Å². The third-order valence-corrected chi connectivity index (χ3v) is 6.22. The van der Waals surface area contributed by atoms with Crippen molar-refractivity contribution in [1.29, 1.82) is 0 Å². The Bertz CT molecular complexity index is 1230. The molecule has 174 valence electrons. The minimum absolute atomic E-state index is 0.255. The molecule has 1 aliphatic rings. The lowest BCUT2D eigenvalue weighted by atomic mass is 9.83. The van der Waals surface area contributed by atoms with Gasteiger partial charge in [-0.05, 0) is 29.7 Å². The molecule has 4 amide bonds. The van der Waals surface area contributed by atoms with Crippen LogP contribution in [0.3, 0.4) is 0 Å². The van der Waals surface area contributed by atoms with Crippen LogP contribution in [-0.4, -0.2) is 36.4 Å². The van der Waals surface area contributed by atoms with Gasteiger partial charge in [0.15, 0.2) is 5.54 Å². The van der Waals surface area contributed by atoms with E-state index in [1.54, 1.807) is 31.2 Å². The first-order chi connectivity index (χ1) is 16.3. The zero-order valence-electron chi connectivity index (χ0n) is 18.8. The molecule has 1 fully saturated rings. The normalized spacial score (nSPS) is 17.4. The van der Waals surface area contributed by atoms with Crippen LogP contribution in [0.5, 0.6) is 5.75 Å². The number of benzene rings is 3. The number of nitrogens with one attached hydrogen (secondary N) is 2. The number of carbonyl (C=O) groups excluding carboxylic acids is 3. The second-order valence-corrected chi connectivity index (χ2v) is 8.51. The summed E-state index contributed by atoms with van der Waals surface area (Å²) in [5, 5.41) is 6.07. The molecule has 3 aromatic carbocycles. The topological polar surface area (TPSA) is 87.7 Å². The molecular formula is C26H24ClN3O4. The highest BCUT2D eigenvalue weighted by Gasteiger charge is 2.52. The lowest BCUT2D eigenvalue weighted by Gasteiger charge is -2.27. The Balaban J connectivity index is 1.60. The van der Waals surface area contributed by atoms with E-state index in [1.165, 1.54) is 7.11 Å². The molecule has 0 saturated carbocycles. The summed E-state index contributed by atoms with van der Waals surface area (Å²) in [5.41, 5.74) is 1.37. The number of anilines is 1. The van der Waals surface area contributed by atoms with Gasteiger partial charge in [0.25, 0.3) is 5.91 Å². The van der Waals surface area contributed by atoms with Crippen molar-refractivity contribution < 1.29 is 19.1 Å². The number of hydrogen-bond acceptors (Lipinski definition) is 4. The summed E-state index contributed by atoms with van der Waals surface area (Å²) in [4.78, 5) is 40.4. The number of amides is 4. The van der Waals surface area contributed by atoms with Gasteiger partial charge in [0.1, 0.15) is 12.3 Å². The highest BCUT2D eigenvalue weighted by molar-refractivity contribution is 6.31. The molecule has 0 aromatic heterocycles. The Morgan fingerprint density at radius 3 is 2.35 bits per heavy atom. The highest BCUT2D eigenvalue weighted by atomic mass is 35.5. The molecule has 1 atom stereocenters. The van der Waals surface area contributed by atoms with Gasteiger partial charge in [-0.3, -0.25) is 14.5 Å². The van der Waals surface area contributed by atoms with E-state index in [0.29, 0.717) is 22.0 Å². The van der Waals surface area contributed by atoms with Gasteiger partial charge in [0.05, 0.1) is 12.8 Å². The number of aryl methyl sites for hydroxylation is 1. The summed E-state index contributed by atoms with van der Waals surface area (Å²) >= 11 is 6.13. The lowest BCUT2D eigenvalue weighted by molar-refractivity contribution is -0.134. The standard InChI is InChI=1S/C26H24ClN3O4/c1-17-13-21(22(34-2)14-20(17)27)28-23(31)16-30-24(32)26(29-25(30)33,19-11-7-4-8-12-19)15-18-9-5-3-6-10-18/h3-14H,15-16H2,1-2H3,(H,28,31)(H,29,33)/t26-/m1/s1. The molecule has 7 nitrogen and oxygen atoms in total. The lowest BCUT2D eigenvalue weighted by Crippen LogP contribution is -2.46.